The molecule has 1 fully saturated rings. The number of hydrogen-bond donors (Lipinski definition) is 1. The molecule has 86 valence electrons. The number of rotatable bonds is 2. The first-order chi connectivity index (χ1) is 6.98. The zero-order chi connectivity index (χ0) is 11.5. The molecule has 2 atom stereocenters. The molecule has 0 radical (unpaired) electrons. The van der Waals surface area contributed by atoms with Crippen LogP contribution in [0.5, 0.6) is 0 Å². The van der Waals surface area contributed by atoms with E-state index in [0.29, 0.717) is 11.8 Å². The summed E-state index contributed by atoms with van der Waals surface area (Å²) in [6.45, 7) is 6.64. The van der Waals surface area contributed by atoms with Gasteiger partial charge >= 0.3 is 5.97 Å². The molecule has 15 heavy (non-hydrogen) atoms. The van der Waals surface area contributed by atoms with Gasteiger partial charge in [0.05, 0.1) is 0 Å². The largest absolute Gasteiger partial charge is 0.481 e. The summed E-state index contributed by atoms with van der Waals surface area (Å²) < 4.78 is 0. The molecule has 2 heteroatoms. The SMILES string of the molecule is CC1(C)C2C=CCC1C2.CCCC(=O)O. The summed E-state index contributed by atoms with van der Waals surface area (Å²) in [5.74, 6) is 1.21. The van der Waals surface area contributed by atoms with Gasteiger partial charge in [-0.15, -0.1) is 0 Å². The molecule has 0 aliphatic heterocycles. The maximum atomic E-state index is 9.60. The van der Waals surface area contributed by atoms with E-state index in [0.717, 1.165) is 18.3 Å². The third-order valence-electron chi connectivity index (χ3n) is 3.80. The van der Waals surface area contributed by atoms with Crippen LogP contribution in [0.4, 0.5) is 0 Å². The fraction of sp³-hybridized carbons (Fsp3) is 0.769. The Hall–Kier alpha value is -0.790. The molecule has 2 nitrogen and oxygen atoms in total. The van der Waals surface area contributed by atoms with Crippen LogP contribution in [0.3, 0.4) is 0 Å². The molecule has 3 aliphatic carbocycles. The summed E-state index contributed by atoms with van der Waals surface area (Å²) in [5.41, 5.74) is 0.648. The van der Waals surface area contributed by atoms with E-state index in [1.54, 1.807) is 0 Å². The first-order valence-electron chi connectivity index (χ1n) is 5.87. The van der Waals surface area contributed by atoms with Crippen molar-refractivity contribution in [3.63, 3.8) is 0 Å². The van der Waals surface area contributed by atoms with Crippen LogP contribution >= 0.6 is 0 Å². The Balaban J connectivity index is 0.000000167. The zero-order valence-electron chi connectivity index (χ0n) is 9.99. The molecule has 0 saturated heterocycles. The quantitative estimate of drug-likeness (QED) is 0.708. The molecule has 0 spiro atoms. The van der Waals surface area contributed by atoms with Gasteiger partial charge in [-0.3, -0.25) is 4.79 Å². The van der Waals surface area contributed by atoms with Gasteiger partial charge in [-0.05, 0) is 36.5 Å². The molecule has 2 bridgehead atoms. The number of hydrogen-bond acceptors (Lipinski definition) is 1. The molecule has 0 amide bonds. The van der Waals surface area contributed by atoms with Crippen molar-refractivity contribution in [3.8, 4) is 0 Å². The van der Waals surface area contributed by atoms with Gasteiger partial charge in [-0.1, -0.05) is 32.9 Å². The lowest BCUT2D eigenvalue weighted by Crippen LogP contribution is -2.45. The van der Waals surface area contributed by atoms with E-state index in [9.17, 15) is 4.79 Å². The molecular formula is C13H22O2. The monoisotopic (exact) mass is 210 g/mol. The van der Waals surface area contributed by atoms with E-state index in [1.807, 2.05) is 6.92 Å². The third kappa shape index (κ3) is 2.83. The van der Waals surface area contributed by atoms with E-state index >= 15 is 0 Å². The Morgan fingerprint density at radius 3 is 2.33 bits per heavy atom. The van der Waals surface area contributed by atoms with E-state index < -0.39 is 5.97 Å². The number of aliphatic carboxylic acids is 1. The van der Waals surface area contributed by atoms with Crippen LogP contribution < -0.4 is 0 Å². The van der Waals surface area contributed by atoms with Crippen LogP contribution in [-0.4, -0.2) is 11.1 Å². The Morgan fingerprint density at radius 1 is 1.53 bits per heavy atom. The smallest absolute Gasteiger partial charge is 0.303 e. The van der Waals surface area contributed by atoms with Gasteiger partial charge in [0.15, 0.2) is 0 Å². The normalized spacial score (nSPS) is 29.8. The maximum absolute atomic E-state index is 9.60. The predicted molar refractivity (Wildman–Crippen MR) is 61.7 cm³/mol. The van der Waals surface area contributed by atoms with Gasteiger partial charge in [0, 0.05) is 6.42 Å². The van der Waals surface area contributed by atoms with Crippen LogP contribution in [-0.2, 0) is 4.79 Å². The second-order valence-corrected chi connectivity index (χ2v) is 5.17. The maximum Gasteiger partial charge on any atom is 0.303 e. The van der Waals surface area contributed by atoms with Crippen molar-refractivity contribution >= 4 is 5.97 Å². The number of fused-ring (bicyclic) bond motifs is 1. The van der Waals surface area contributed by atoms with Gasteiger partial charge in [-0.2, -0.15) is 0 Å². The number of carboxylic acid groups (broad SMARTS) is 1. The third-order valence-corrected chi connectivity index (χ3v) is 3.80. The van der Waals surface area contributed by atoms with E-state index in [2.05, 4.69) is 26.0 Å². The Kier molecular flexibility index (Phi) is 3.95. The van der Waals surface area contributed by atoms with Crippen molar-refractivity contribution in [3.05, 3.63) is 12.2 Å². The predicted octanol–water partition coefficient (Wildman–Crippen LogP) is 3.48. The molecule has 0 aromatic carbocycles. The van der Waals surface area contributed by atoms with Crippen molar-refractivity contribution in [2.45, 2.75) is 46.5 Å². The first-order valence-corrected chi connectivity index (χ1v) is 5.87. The molecular weight excluding hydrogens is 188 g/mol. The Bertz CT molecular complexity index is 253. The summed E-state index contributed by atoms with van der Waals surface area (Å²) in [5, 5.41) is 7.91. The fourth-order valence-corrected chi connectivity index (χ4v) is 2.40. The fourth-order valence-electron chi connectivity index (χ4n) is 2.40. The average Bonchev–Trinajstić information content (AvgIpc) is 2.19. The lowest BCUT2D eigenvalue weighted by atomic mass is 9.51. The van der Waals surface area contributed by atoms with Crippen molar-refractivity contribution in [2.24, 2.45) is 17.3 Å². The highest BCUT2D eigenvalue weighted by molar-refractivity contribution is 5.66. The highest BCUT2D eigenvalue weighted by Gasteiger charge is 2.47. The van der Waals surface area contributed by atoms with Crippen molar-refractivity contribution in [1.82, 2.24) is 0 Å². The Morgan fingerprint density at radius 2 is 2.20 bits per heavy atom. The standard InChI is InChI=1S/C9H14.C4H8O2/c1-9(2)7-4-3-5-8(9)6-7;1-2-3-4(5)6/h3-4,7-8H,5-6H2,1-2H3;2-3H2,1H3,(H,5,6). The lowest BCUT2D eigenvalue weighted by Gasteiger charge is -2.53. The van der Waals surface area contributed by atoms with Gasteiger partial charge in [0.1, 0.15) is 0 Å². The van der Waals surface area contributed by atoms with Crippen LogP contribution in [0.2, 0.25) is 0 Å². The van der Waals surface area contributed by atoms with Gasteiger partial charge in [0.25, 0.3) is 0 Å². The van der Waals surface area contributed by atoms with E-state index in [-0.39, 0.29) is 0 Å². The summed E-state index contributed by atoms with van der Waals surface area (Å²) in [6.07, 6.45) is 8.58. The zero-order valence-corrected chi connectivity index (χ0v) is 9.99. The molecule has 1 N–H and O–H groups in total. The molecule has 0 aromatic rings. The molecule has 2 unspecified atom stereocenters. The average molecular weight is 210 g/mol. The van der Waals surface area contributed by atoms with Crippen molar-refractivity contribution < 1.29 is 9.90 Å². The molecule has 3 aliphatic rings. The van der Waals surface area contributed by atoms with Gasteiger partial charge in [-0.25, -0.2) is 0 Å². The van der Waals surface area contributed by atoms with E-state index in [1.165, 1.54) is 12.8 Å². The van der Waals surface area contributed by atoms with Crippen LogP contribution in [0.1, 0.15) is 46.5 Å². The summed E-state index contributed by atoms with van der Waals surface area (Å²) in [7, 11) is 0. The second kappa shape index (κ2) is 4.82. The first kappa shape index (κ1) is 12.3. The minimum absolute atomic E-state index is 0.292. The van der Waals surface area contributed by atoms with Crippen molar-refractivity contribution in [1.29, 1.82) is 0 Å². The van der Waals surface area contributed by atoms with E-state index in [4.69, 9.17) is 5.11 Å². The van der Waals surface area contributed by atoms with Crippen LogP contribution in [0.15, 0.2) is 12.2 Å². The second-order valence-electron chi connectivity index (χ2n) is 5.17. The van der Waals surface area contributed by atoms with Crippen molar-refractivity contribution in [2.75, 3.05) is 0 Å². The minimum atomic E-state index is -0.711. The van der Waals surface area contributed by atoms with Gasteiger partial charge in [0.2, 0.25) is 0 Å². The summed E-state index contributed by atoms with van der Waals surface area (Å²) in [6, 6.07) is 0. The highest BCUT2D eigenvalue weighted by atomic mass is 16.4. The molecule has 3 rings (SSSR count). The topological polar surface area (TPSA) is 37.3 Å². The molecule has 1 saturated carbocycles. The number of carbonyl (C=O) groups is 1. The summed E-state index contributed by atoms with van der Waals surface area (Å²) >= 11 is 0. The summed E-state index contributed by atoms with van der Waals surface area (Å²) in [4.78, 5) is 9.60. The number of allylic oxidation sites excluding steroid dienone is 2. The van der Waals surface area contributed by atoms with Gasteiger partial charge < -0.3 is 5.11 Å². The molecule has 0 aromatic heterocycles. The lowest BCUT2D eigenvalue weighted by molar-refractivity contribution is -0.137. The highest BCUT2D eigenvalue weighted by Crippen LogP contribution is 2.56. The van der Waals surface area contributed by atoms with Crippen LogP contribution in [0.25, 0.3) is 0 Å². The number of carboxylic acids is 1. The molecule has 0 heterocycles. The minimum Gasteiger partial charge on any atom is -0.481 e. The Labute approximate surface area is 92.4 Å². The van der Waals surface area contributed by atoms with Crippen LogP contribution in [0, 0.1) is 17.3 Å².